The van der Waals surface area contributed by atoms with E-state index in [9.17, 15) is 13.6 Å². The zero-order valence-electron chi connectivity index (χ0n) is 15.9. The van der Waals surface area contributed by atoms with Gasteiger partial charge in [-0.1, -0.05) is 18.2 Å². The van der Waals surface area contributed by atoms with E-state index in [1.807, 2.05) is 17.5 Å². The molecular weight excluding hydrogens is 408 g/mol. The molecule has 0 aliphatic rings. The number of aromatic nitrogens is 2. The van der Waals surface area contributed by atoms with Crippen LogP contribution in [0.15, 0.2) is 47.8 Å². The molecule has 8 heteroatoms. The van der Waals surface area contributed by atoms with Crippen molar-refractivity contribution in [3.63, 3.8) is 0 Å². The topological polar surface area (TPSA) is 67.0 Å². The highest BCUT2D eigenvalue weighted by molar-refractivity contribution is 7.10. The summed E-state index contributed by atoms with van der Waals surface area (Å²) in [6, 6.07) is 11.0. The number of halogens is 2. The van der Waals surface area contributed by atoms with E-state index in [2.05, 4.69) is 15.5 Å². The molecule has 0 bridgehead atoms. The quantitative estimate of drug-likeness (QED) is 0.443. The summed E-state index contributed by atoms with van der Waals surface area (Å²) in [5, 5.41) is 12.1. The van der Waals surface area contributed by atoms with Crippen LogP contribution in [-0.2, 0) is 11.2 Å². The Morgan fingerprint density at radius 1 is 1.20 bits per heavy atom. The highest BCUT2D eigenvalue weighted by atomic mass is 32.1. The second kappa shape index (κ2) is 8.46. The Morgan fingerprint density at radius 2 is 2.07 bits per heavy atom. The molecule has 4 rings (SSSR count). The summed E-state index contributed by atoms with van der Waals surface area (Å²) in [6.45, 7) is 0. The molecule has 0 spiro atoms. The van der Waals surface area contributed by atoms with E-state index in [1.165, 1.54) is 30.6 Å². The highest BCUT2D eigenvalue weighted by Gasteiger charge is 2.13. The average Bonchev–Trinajstić information content (AvgIpc) is 3.37. The molecule has 2 N–H and O–H groups in total. The maximum Gasteiger partial charge on any atom is 0.229 e. The molecule has 2 heterocycles. The molecule has 1 amide bonds. The lowest BCUT2D eigenvalue weighted by Gasteiger charge is -2.06. The second-order valence-corrected chi connectivity index (χ2v) is 7.55. The number of ether oxygens (including phenoxy) is 1. The number of nitrogens with one attached hydrogen (secondary N) is 2. The van der Waals surface area contributed by atoms with Crippen LogP contribution in [0.4, 0.5) is 14.5 Å². The van der Waals surface area contributed by atoms with Gasteiger partial charge >= 0.3 is 0 Å². The van der Waals surface area contributed by atoms with Gasteiger partial charge in [0.2, 0.25) is 5.91 Å². The van der Waals surface area contributed by atoms with Crippen molar-refractivity contribution in [2.45, 2.75) is 6.42 Å². The van der Waals surface area contributed by atoms with Gasteiger partial charge in [-0.15, -0.1) is 11.3 Å². The Bertz CT molecular complexity index is 1230. The molecule has 30 heavy (non-hydrogen) atoms. The predicted octanol–water partition coefficient (Wildman–Crippen LogP) is 5.26. The van der Waals surface area contributed by atoms with Gasteiger partial charge in [0.25, 0.3) is 0 Å². The minimum atomic E-state index is -0.551. The van der Waals surface area contributed by atoms with Crippen LogP contribution in [0.2, 0.25) is 0 Å². The molecule has 0 radical (unpaired) electrons. The van der Waals surface area contributed by atoms with E-state index in [0.29, 0.717) is 16.6 Å². The SMILES string of the molecule is COc1cc(/C=C/c2n[nH]c3cc(F)c(NC(=O)Cc4cccs4)cc23)ccc1F. The largest absolute Gasteiger partial charge is 0.494 e. The van der Waals surface area contributed by atoms with E-state index >= 15 is 0 Å². The lowest BCUT2D eigenvalue weighted by atomic mass is 10.1. The first-order valence-corrected chi connectivity index (χ1v) is 9.93. The lowest BCUT2D eigenvalue weighted by Crippen LogP contribution is -2.14. The number of carbonyl (C=O) groups excluding carboxylic acids is 1. The number of H-pyrrole nitrogens is 1. The lowest BCUT2D eigenvalue weighted by molar-refractivity contribution is -0.115. The van der Waals surface area contributed by atoms with Gasteiger partial charge in [0, 0.05) is 16.3 Å². The Morgan fingerprint density at radius 3 is 2.83 bits per heavy atom. The summed E-state index contributed by atoms with van der Waals surface area (Å²) in [5.41, 5.74) is 1.86. The van der Waals surface area contributed by atoms with E-state index in [0.717, 1.165) is 10.4 Å². The third-order valence-corrected chi connectivity index (χ3v) is 5.35. The number of aromatic amines is 1. The minimum Gasteiger partial charge on any atom is -0.494 e. The summed E-state index contributed by atoms with van der Waals surface area (Å²) in [6.07, 6.45) is 3.65. The van der Waals surface area contributed by atoms with E-state index in [4.69, 9.17) is 4.74 Å². The molecular formula is C22H17F2N3O2S. The van der Waals surface area contributed by atoms with Crippen molar-refractivity contribution in [3.05, 3.63) is 75.6 Å². The number of fused-ring (bicyclic) bond motifs is 1. The summed E-state index contributed by atoms with van der Waals surface area (Å²) in [5.74, 6) is -1.15. The molecule has 5 nitrogen and oxygen atoms in total. The highest BCUT2D eigenvalue weighted by Crippen LogP contribution is 2.26. The van der Waals surface area contributed by atoms with Crippen molar-refractivity contribution in [2.24, 2.45) is 0 Å². The third kappa shape index (κ3) is 4.23. The number of methoxy groups -OCH3 is 1. The van der Waals surface area contributed by atoms with E-state index in [-0.39, 0.29) is 23.8 Å². The molecule has 0 saturated heterocycles. The number of hydrogen-bond donors (Lipinski definition) is 2. The van der Waals surface area contributed by atoms with Crippen molar-refractivity contribution < 1.29 is 18.3 Å². The van der Waals surface area contributed by atoms with Crippen LogP contribution in [0.3, 0.4) is 0 Å². The van der Waals surface area contributed by atoms with Crippen LogP contribution in [0.5, 0.6) is 5.75 Å². The minimum absolute atomic E-state index is 0.0866. The van der Waals surface area contributed by atoms with Crippen molar-refractivity contribution in [1.82, 2.24) is 10.2 Å². The Kier molecular flexibility index (Phi) is 5.58. The fourth-order valence-corrected chi connectivity index (χ4v) is 3.71. The molecule has 0 aliphatic heterocycles. The predicted molar refractivity (Wildman–Crippen MR) is 115 cm³/mol. The Labute approximate surface area is 175 Å². The fourth-order valence-electron chi connectivity index (χ4n) is 3.00. The van der Waals surface area contributed by atoms with Crippen LogP contribution in [0.1, 0.15) is 16.1 Å². The third-order valence-electron chi connectivity index (χ3n) is 4.48. The van der Waals surface area contributed by atoms with Crippen LogP contribution >= 0.6 is 11.3 Å². The van der Waals surface area contributed by atoms with E-state index in [1.54, 1.807) is 30.4 Å². The number of nitrogens with zero attached hydrogens (tertiary/aromatic N) is 1. The average molecular weight is 425 g/mol. The van der Waals surface area contributed by atoms with Gasteiger partial charge in [0.05, 0.1) is 30.4 Å². The summed E-state index contributed by atoms with van der Waals surface area (Å²) in [4.78, 5) is 13.1. The van der Waals surface area contributed by atoms with Crippen LogP contribution in [0, 0.1) is 11.6 Å². The number of carbonyl (C=O) groups is 1. The van der Waals surface area contributed by atoms with Crippen LogP contribution in [-0.4, -0.2) is 23.2 Å². The molecule has 0 fully saturated rings. The second-order valence-electron chi connectivity index (χ2n) is 6.52. The number of rotatable bonds is 6. The standard InChI is InChI=1S/C22H17F2N3O2S/c1-29-21-9-13(4-6-16(21)23)5-7-18-15-11-20(17(24)12-19(15)27-26-18)25-22(28)10-14-3-2-8-30-14/h2-9,11-12H,10H2,1H3,(H,25,28)(H,26,27)/b7-5+. The van der Waals surface area contributed by atoms with Crippen molar-refractivity contribution in [1.29, 1.82) is 0 Å². The van der Waals surface area contributed by atoms with Gasteiger partial charge in [-0.2, -0.15) is 5.10 Å². The summed E-state index contributed by atoms with van der Waals surface area (Å²) in [7, 11) is 1.40. The molecule has 0 unspecified atom stereocenters. The molecule has 0 aliphatic carbocycles. The fraction of sp³-hybridized carbons (Fsp3) is 0.0909. The van der Waals surface area contributed by atoms with Gasteiger partial charge < -0.3 is 10.1 Å². The number of benzene rings is 2. The Balaban J connectivity index is 1.59. The smallest absolute Gasteiger partial charge is 0.229 e. The number of amides is 1. The maximum absolute atomic E-state index is 14.4. The monoisotopic (exact) mass is 425 g/mol. The zero-order chi connectivity index (χ0) is 21.1. The maximum atomic E-state index is 14.4. The molecule has 2 aromatic heterocycles. The number of hydrogen-bond acceptors (Lipinski definition) is 4. The van der Waals surface area contributed by atoms with Crippen LogP contribution < -0.4 is 10.1 Å². The molecule has 2 aromatic carbocycles. The van der Waals surface area contributed by atoms with Crippen molar-refractivity contribution in [3.8, 4) is 5.75 Å². The van der Waals surface area contributed by atoms with Crippen molar-refractivity contribution >= 4 is 46.0 Å². The van der Waals surface area contributed by atoms with Gasteiger partial charge in [-0.05, 0) is 41.3 Å². The number of thiophene rings is 1. The first kappa shape index (κ1) is 19.8. The zero-order valence-corrected chi connectivity index (χ0v) is 16.7. The van der Waals surface area contributed by atoms with E-state index < -0.39 is 11.6 Å². The van der Waals surface area contributed by atoms with Gasteiger partial charge in [-0.25, -0.2) is 8.78 Å². The first-order valence-electron chi connectivity index (χ1n) is 9.05. The summed E-state index contributed by atoms with van der Waals surface area (Å²) < 4.78 is 33.0. The molecule has 4 aromatic rings. The number of anilines is 1. The first-order chi connectivity index (χ1) is 14.5. The van der Waals surface area contributed by atoms with Gasteiger partial charge in [-0.3, -0.25) is 9.89 Å². The molecule has 152 valence electrons. The van der Waals surface area contributed by atoms with Gasteiger partial charge in [0.1, 0.15) is 5.82 Å². The van der Waals surface area contributed by atoms with Crippen molar-refractivity contribution in [2.75, 3.05) is 12.4 Å². The summed E-state index contributed by atoms with van der Waals surface area (Å²) >= 11 is 1.47. The molecule has 0 saturated carbocycles. The molecule has 0 atom stereocenters. The van der Waals surface area contributed by atoms with Crippen LogP contribution in [0.25, 0.3) is 23.1 Å². The normalized spacial score (nSPS) is 11.3. The Hall–Kier alpha value is -3.52. The van der Waals surface area contributed by atoms with Gasteiger partial charge in [0.15, 0.2) is 11.6 Å².